The van der Waals surface area contributed by atoms with Crippen LogP contribution in [0.2, 0.25) is 0 Å². The van der Waals surface area contributed by atoms with Crippen molar-refractivity contribution in [2.75, 3.05) is 7.05 Å². The van der Waals surface area contributed by atoms with Crippen molar-refractivity contribution >= 4 is 11.7 Å². The number of rotatable bonds is 1. The minimum absolute atomic E-state index is 0.0827. The molecule has 1 atom stereocenters. The Morgan fingerprint density at radius 2 is 2.16 bits per heavy atom. The lowest BCUT2D eigenvalue weighted by Gasteiger charge is -2.36. The molecule has 25 heavy (non-hydrogen) atoms. The maximum Gasteiger partial charge on any atom is 0.240 e. The van der Waals surface area contributed by atoms with Crippen LogP contribution in [0, 0.1) is 5.82 Å². The zero-order valence-electron chi connectivity index (χ0n) is 14.0. The number of amides is 1. The van der Waals surface area contributed by atoms with Gasteiger partial charge in [0.1, 0.15) is 17.1 Å². The van der Waals surface area contributed by atoms with E-state index in [1.807, 2.05) is 18.2 Å². The fourth-order valence-electron chi connectivity index (χ4n) is 4.41. The molecule has 5 heteroatoms. The molecule has 1 saturated carbocycles. The van der Waals surface area contributed by atoms with E-state index in [0.717, 1.165) is 41.6 Å². The van der Waals surface area contributed by atoms with Crippen LogP contribution in [0.25, 0.3) is 0 Å². The van der Waals surface area contributed by atoms with E-state index in [1.54, 1.807) is 19.3 Å². The molecule has 0 unspecified atom stereocenters. The lowest BCUT2D eigenvalue weighted by molar-refractivity contribution is -0.124. The molecule has 1 spiro atoms. The van der Waals surface area contributed by atoms with Gasteiger partial charge in [-0.25, -0.2) is 4.39 Å². The van der Waals surface area contributed by atoms with Crippen molar-refractivity contribution in [3.05, 3.63) is 64.2 Å². The summed E-state index contributed by atoms with van der Waals surface area (Å²) >= 11 is 0. The van der Waals surface area contributed by atoms with Crippen LogP contribution in [0.5, 0.6) is 0 Å². The number of halogens is 1. The predicted octanol–water partition coefficient (Wildman–Crippen LogP) is 2.84. The number of hydrogen-bond acceptors (Lipinski definition) is 3. The van der Waals surface area contributed by atoms with Crippen molar-refractivity contribution in [1.82, 2.24) is 10.3 Å². The van der Waals surface area contributed by atoms with Gasteiger partial charge < -0.3 is 5.32 Å². The van der Waals surface area contributed by atoms with Gasteiger partial charge in [-0.3, -0.25) is 14.8 Å². The second-order valence-electron chi connectivity index (χ2n) is 7.12. The molecule has 0 radical (unpaired) electrons. The summed E-state index contributed by atoms with van der Waals surface area (Å²) in [5, 5.41) is 2.90. The van der Waals surface area contributed by atoms with Gasteiger partial charge in [-0.1, -0.05) is 12.1 Å². The Labute approximate surface area is 145 Å². The molecule has 2 aliphatic carbocycles. The summed E-state index contributed by atoms with van der Waals surface area (Å²) in [4.78, 5) is 21.8. The molecule has 1 aliphatic heterocycles. The van der Waals surface area contributed by atoms with Crippen LogP contribution < -0.4 is 5.32 Å². The summed E-state index contributed by atoms with van der Waals surface area (Å²) in [6.07, 6.45) is 5.20. The molecule has 1 amide bonds. The number of aliphatic imine (C=N–C) groups is 1. The van der Waals surface area contributed by atoms with Crippen LogP contribution in [-0.2, 0) is 16.6 Å². The van der Waals surface area contributed by atoms with Crippen LogP contribution >= 0.6 is 0 Å². The molecule has 0 bridgehead atoms. The first kappa shape index (κ1) is 14.8. The number of nitrogens with zero attached hydrogens (tertiary/aromatic N) is 2. The highest BCUT2D eigenvalue weighted by atomic mass is 19.1. The Balaban J connectivity index is 1.83. The van der Waals surface area contributed by atoms with Crippen molar-refractivity contribution in [2.45, 2.75) is 37.0 Å². The summed E-state index contributed by atoms with van der Waals surface area (Å²) in [5.74, 6) is 0.451. The predicted molar refractivity (Wildman–Crippen MR) is 92.3 cm³/mol. The van der Waals surface area contributed by atoms with Crippen molar-refractivity contribution < 1.29 is 9.18 Å². The highest BCUT2D eigenvalue weighted by Crippen LogP contribution is 2.49. The van der Waals surface area contributed by atoms with E-state index in [9.17, 15) is 9.18 Å². The first-order chi connectivity index (χ1) is 12.1. The molecule has 4 nitrogen and oxygen atoms in total. The number of pyridine rings is 1. The average Bonchev–Trinajstić information content (AvgIpc) is 3.39. The Bertz CT molecular complexity index is 948. The third-order valence-corrected chi connectivity index (χ3v) is 5.80. The Morgan fingerprint density at radius 3 is 2.92 bits per heavy atom. The molecular formula is C20H18FN3O. The van der Waals surface area contributed by atoms with Gasteiger partial charge in [0.05, 0.1) is 0 Å². The monoisotopic (exact) mass is 335 g/mol. The number of aryl methyl sites for hydroxylation is 1. The van der Waals surface area contributed by atoms with Crippen molar-refractivity contribution in [1.29, 1.82) is 0 Å². The first-order valence-corrected chi connectivity index (χ1v) is 8.72. The van der Waals surface area contributed by atoms with E-state index in [-0.39, 0.29) is 17.6 Å². The van der Waals surface area contributed by atoms with Gasteiger partial charge in [0, 0.05) is 24.5 Å². The molecule has 1 aromatic heterocycles. The van der Waals surface area contributed by atoms with E-state index in [2.05, 4.69) is 15.3 Å². The maximum atomic E-state index is 14.7. The van der Waals surface area contributed by atoms with Crippen molar-refractivity contribution in [2.24, 2.45) is 4.99 Å². The summed E-state index contributed by atoms with van der Waals surface area (Å²) in [6, 6.07) is 7.33. The molecule has 2 heterocycles. The van der Waals surface area contributed by atoms with Crippen LogP contribution in [0.1, 0.15) is 53.1 Å². The summed E-state index contributed by atoms with van der Waals surface area (Å²) < 4.78 is 14.7. The molecule has 1 N–H and O–H groups in total. The SMILES string of the molecule is CN=C1NC(=O)[C@@]2(CCc3ncccc32)c2cc(C3CC3)c(F)cc21. The number of nitrogens with one attached hydrogen (secondary N) is 1. The highest BCUT2D eigenvalue weighted by molar-refractivity contribution is 6.17. The van der Waals surface area contributed by atoms with Gasteiger partial charge >= 0.3 is 0 Å². The quantitative estimate of drug-likeness (QED) is 0.871. The first-order valence-electron chi connectivity index (χ1n) is 8.72. The topological polar surface area (TPSA) is 54.4 Å². The number of fused-ring (bicyclic) bond motifs is 4. The Hall–Kier alpha value is -2.56. The van der Waals surface area contributed by atoms with Crippen molar-refractivity contribution in [3.63, 3.8) is 0 Å². The third-order valence-electron chi connectivity index (χ3n) is 5.80. The van der Waals surface area contributed by atoms with E-state index in [0.29, 0.717) is 17.8 Å². The number of carbonyl (C=O) groups is 1. The minimum Gasteiger partial charge on any atom is -0.309 e. The fourth-order valence-corrected chi connectivity index (χ4v) is 4.41. The molecule has 0 saturated heterocycles. The molecular weight excluding hydrogens is 317 g/mol. The summed E-state index contributed by atoms with van der Waals surface area (Å²) in [6.45, 7) is 0. The number of hydrogen-bond donors (Lipinski definition) is 1. The standard InChI is InChI=1S/C20H18FN3O/c1-22-18-13-10-16(21)12(11-4-5-11)9-15(13)20(19(25)24-18)7-6-17-14(20)3-2-8-23-17/h2-3,8-11H,4-7H2,1H3,(H,22,24,25)/t20-/m1/s1. The summed E-state index contributed by atoms with van der Waals surface area (Å²) in [5.41, 5.74) is 3.42. The highest BCUT2D eigenvalue weighted by Gasteiger charge is 2.52. The molecule has 1 aromatic carbocycles. The maximum absolute atomic E-state index is 14.7. The van der Waals surface area contributed by atoms with Crippen molar-refractivity contribution in [3.8, 4) is 0 Å². The van der Waals surface area contributed by atoms with E-state index in [4.69, 9.17) is 0 Å². The number of amidine groups is 1. The van der Waals surface area contributed by atoms with Gasteiger partial charge in [0.25, 0.3) is 0 Å². The van der Waals surface area contributed by atoms with E-state index >= 15 is 0 Å². The fraction of sp³-hybridized carbons (Fsp3) is 0.350. The van der Waals surface area contributed by atoms with E-state index in [1.165, 1.54) is 0 Å². The third kappa shape index (κ3) is 1.89. The zero-order chi connectivity index (χ0) is 17.2. The van der Waals surface area contributed by atoms with Gasteiger partial charge in [-0.15, -0.1) is 0 Å². The molecule has 5 rings (SSSR count). The largest absolute Gasteiger partial charge is 0.309 e. The lowest BCUT2D eigenvalue weighted by Crippen LogP contribution is -2.52. The second kappa shape index (κ2) is 4.97. The number of carbonyl (C=O) groups excluding carboxylic acids is 1. The van der Waals surface area contributed by atoms with Gasteiger partial charge in [-0.05, 0) is 60.4 Å². The number of benzene rings is 1. The van der Waals surface area contributed by atoms with Crippen LogP contribution in [0.4, 0.5) is 4.39 Å². The van der Waals surface area contributed by atoms with Crippen LogP contribution in [0.15, 0.2) is 35.5 Å². The summed E-state index contributed by atoms with van der Waals surface area (Å²) in [7, 11) is 1.62. The van der Waals surface area contributed by atoms with Crippen LogP contribution in [0.3, 0.4) is 0 Å². The molecule has 2 aromatic rings. The van der Waals surface area contributed by atoms with Gasteiger partial charge in [-0.2, -0.15) is 0 Å². The van der Waals surface area contributed by atoms with Gasteiger partial charge in [0.15, 0.2) is 0 Å². The van der Waals surface area contributed by atoms with Gasteiger partial charge in [0.2, 0.25) is 5.91 Å². The van der Waals surface area contributed by atoms with E-state index < -0.39 is 5.41 Å². The Morgan fingerprint density at radius 1 is 1.32 bits per heavy atom. The average molecular weight is 335 g/mol. The smallest absolute Gasteiger partial charge is 0.240 e. The number of aromatic nitrogens is 1. The molecule has 1 fully saturated rings. The normalized spacial score (nSPS) is 25.8. The minimum atomic E-state index is -0.787. The lowest BCUT2D eigenvalue weighted by atomic mass is 9.70. The second-order valence-corrected chi connectivity index (χ2v) is 7.12. The Kier molecular flexibility index (Phi) is 2.94. The molecule has 3 aliphatic rings. The zero-order valence-corrected chi connectivity index (χ0v) is 14.0. The molecule has 126 valence electrons. The van der Waals surface area contributed by atoms with Crippen LogP contribution in [-0.4, -0.2) is 23.8 Å².